The van der Waals surface area contributed by atoms with Crippen molar-refractivity contribution in [1.29, 1.82) is 0 Å². The maximum Gasteiger partial charge on any atom is 0.124 e. The Bertz CT molecular complexity index is 566. The highest BCUT2D eigenvalue weighted by Crippen LogP contribution is 2.31. The van der Waals surface area contributed by atoms with E-state index in [0.717, 1.165) is 5.56 Å². The molecular weight excluding hydrogens is 259 g/mol. The SMILES string of the molecule is COc1ccc(OC)c(C(O)Cc2ccc(F)cc2)c1. The second-order valence-electron chi connectivity index (χ2n) is 4.45. The summed E-state index contributed by atoms with van der Waals surface area (Å²) >= 11 is 0. The van der Waals surface area contributed by atoms with Crippen molar-refractivity contribution in [1.82, 2.24) is 0 Å². The normalized spacial score (nSPS) is 12.0. The van der Waals surface area contributed by atoms with Gasteiger partial charge in [0.2, 0.25) is 0 Å². The zero-order chi connectivity index (χ0) is 14.5. The van der Waals surface area contributed by atoms with Gasteiger partial charge in [0, 0.05) is 12.0 Å². The van der Waals surface area contributed by atoms with Crippen LogP contribution in [0, 0.1) is 5.82 Å². The predicted octanol–water partition coefficient (Wildman–Crippen LogP) is 3.12. The highest BCUT2D eigenvalue weighted by molar-refractivity contribution is 5.42. The number of methoxy groups -OCH3 is 2. The lowest BCUT2D eigenvalue weighted by Gasteiger charge is -2.16. The largest absolute Gasteiger partial charge is 0.497 e. The molecule has 0 aromatic heterocycles. The first-order chi connectivity index (χ1) is 9.63. The van der Waals surface area contributed by atoms with Crippen molar-refractivity contribution < 1.29 is 19.0 Å². The average Bonchev–Trinajstić information content (AvgIpc) is 2.48. The Morgan fingerprint density at radius 1 is 1.05 bits per heavy atom. The Labute approximate surface area is 117 Å². The van der Waals surface area contributed by atoms with Gasteiger partial charge in [-0.2, -0.15) is 0 Å². The summed E-state index contributed by atoms with van der Waals surface area (Å²) in [5.74, 6) is 0.960. The van der Waals surface area contributed by atoms with Gasteiger partial charge in [-0.05, 0) is 35.9 Å². The molecule has 0 aliphatic carbocycles. The molecule has 2 aromatic carbocycles. The molecule has 2 rings (SSSR count). The van der Waals surface area contributed by atoms with Gasteiger partial charge in [0.05, 0.1) is 20.3 Å². The van der Waals surface area contributed by atoms with Gasteiger partial charge in [0.25, 0.3) is 0 Å². The van der Waals surface area contributed by atoms with E-state index in [1.807, 2.05) is 0 Å². The van der Waals surface area contributed by atoms with Crippen molar-refractivity contribution >= 4 is 0 Å². The molecule has 0 amide bonds. The number of ether oxygens (including phenoxy) is 2. The summed E-state index contributed by atoms with van der Waals surface area (Å²) in [6, 6.07) is 11.3. The molecule has 0 spiro atoms. The van der Waals surface area contributed by atoms with Gasteiger partial charge in [0.1, 0.15) is 17.3 Å². The van der Waals surface area contributed by atoms with Gasteiger partial charge in [-0.25, -0.2) is 4.39 Å². The zero-order valence-electron chi connectivity index (χ0n) is 11.5. The fourth-order valence-electron chi connectivity index (χ4n) is 2.05. The van der Waals surface area contributed by atoms with E-state index in [1.54, 1.807) is 44.6 Å². The van der Waals surface area contributed by atoms with Crippen LogP contribution in [0.25, 0.3) is 0 Å². The summed E-state index contributed by atoms with van der Waals surface area (Å²) in [6.45, 7) is 0. The highest BCUT2D eigenvalue weighted by Gasteiger charge is 2.15. The van der Waals surface area contributed by atoms with Crippen molar-refractivity contribution in [2.75, 3.05) is 14.2 Å². The maximum atomic E-state index is 12.9. The Morgan fingerprint density at radius 3 is 2.35 bits per heavy atom. The zero-order valence-corrected chi connectivity index (χ0v) is 11.5. The number of hydrogen-bond donors (Lipinski definition) is 1. The molecule has 0 radical (unpaired) electrons. The highest BCUT2D eigenvalue weighted by atomic mass is 19.1. The van der Waals surface area contributed by atoms with E-state index >= 15 is 0 Å². The Morgan fingerprint density at radius 2 is 1.75 bits per heavy atom. The van der Waals surface area contributed by atoms with Crippen LogP contribution in [0.2, 0.25) is 0 Å². The molecule has 2 aromatic rings. The molecule has 4 heteroatoms. The third-order valence-corrected chi connectivity index (χ3v) is 3.14. The van der Waals surface area contributed by atoms with Gasteiger partial charge in [-0.15, -0.1) is 0 Å². The number of rotatable bonds is 5. The Kier molecular flexibility index (Phi) is 4.58. The minimum Gasteiger partial charge on any atom is -0.497 e. The third kappa shape index (κ3) is 3.27. The first-order valence-corrected chi connectivity index (χ1v) is 6.28. The van der Waals surface area contributed by atoms with E-state index < -0.39 is 6.10 Å². The second-order valence-corrected chi connectivity index (χ2v) is 4.45. The molecule has 1 N–H and O–H groups in total. The monoisotopic (exact) mass is 276 g/mol. The first-order valence-electron chi connectivity index (χ1n) is 6.28. The van der Waals surface area contributed by atoms with Crippen molar-refractivity contribution in [3.63, 3.8) is 0 Å². The van der Waals surface area contributed by atoms with Gasteiger partial charge < -0.3 is 14.6 Å². The predicted molar refractivity (Wildman–Crippen MR) is 74.6 cm³/mol. The van der Waals surface area contributed by atoms with Crippen molar-refractivity contribution in [2.45, 2.75) is 12.5 Å². The molecule has 0 fully saturated rings. The van der Waals surface area contributed by atoms with Crippen LogP contribution in [0.5, 0.6) is 11.5 Å². The number of halogens is 1. The van der Waals surface area contributed by atoms with Gasteiger partial charge >= 0.3 is 0 Å². The third-order valence-electron chi connectivity index (χ3n) is 3.14. The minimum atomic E-state index is -0.745. The van der Waals surface area contributed by atoms with Crippen LogP contribution >= 0.6 is 0 Å². The summed E-state index contributed by atoms with van der Waals surface area (Å²) < 4.78 is 23.3. The summed E-state index contributed by atoms with van der Waals surface area (Å²) in [7, 11) is 3.12. The number of aliphatic hydroxyl groups excluding tert-OH is 1. The molecule has 1 atom stereocenters. The Balaban J connectivity index is 2.23. The summed E-state index contributed by atoms with van der Waals surface area (Å²) in [5.41, 5.74) is 1.50. The molecule has 0 aliphatic rings. The molecule has 20 heavy (non-hydrogen) atoms. The van der Waals surface area contributed by atoms with Crippen molar-refractivity contribution in [2.24, 2.45) is 0 Å². The molecule has 106 valence electrons. The van der Waals surface area contributed by atoms with Crippen LogP contribution in [0.3, 0.4) is 0 Å². The van der Waals surface area contributed by atoms with Crippen LogP contribution < -0.4 is 9.47 Å². The molecule has 3 nitrogen and oxygen atoms in total. The molecule has 0 saturated heterocycles. The number of aliphatic hydroxyl groups is 1. The minimum absolute atomic E-state index is 0.290. The van der Waals surface area contributed by atoms with E-state index in [0.29, 0.717) is 23.5 Å². The molecule has 0 aliphatic heterocycles. The van der Waals surface area contributed by atoms with Crippen LogP contribution in [-0.2, 0) is 6.42 Å². The van der Waals surface area contributed by atoms with Crippen LogP contribution in [-0.4, -0.2) is 19.3 Å². The van der Waals surface area contributed by atoms with Crippen molar-refractivity contribution in [3.8, 4) is 11.5 Å². The summed E-state index contributed by atoms with van der Waals surface area (Å²) in [5, 5.41) is 10.3. The fourth-order valence-corrected chi connectivity index (χ4v) is 2.05. The molecule has 0 bridgehead atoms. The van der Waals surface area contributed by atoms with E-state index in [-0.39, 0.29) is 5.82 Å². The van der Waals surface area contributed by atoms with E-state index in [2.05, 4.69) is 0 Å². The standard InChI is InChI=1S/C16H17FO3/c1-19-13-7-8-16(20-2)14(10-13)15(18)9-11-3-5-12(17)6-4-11/h3-8,10,15,18H,9H2,1-2H3. The quantitative estimate of drug-likeness (QED) is 0.912. The lowest BCUT2D eigenvalue weighted by Crippen LogP contribution is -2.04. The average molecular weight is 276 g/mol. The van der Waals surface area contributed by atoms with Crippen molar-refractivity contribution in [3.05, 3.63) is 59.4 Å². The van der Waals surface area contributed by atoms with E-state index in [4.69, 9.17) is 9.47 Å². The summed E-state index contributed by atoms with van der Waals surface area (Å²) in [6.07, 6.45) is -0.366. The summed E-state index contributed by atoms with van der Waals surface area (Å²) in [4.78, 5) is 0. The topological polar surface area (TPSA) is 38.7 Å². The van der Waals surface area contributed by atoms with Crippen LogP contribution in [0.4, 0.5) is 4.39 Å². The van der Waals surface area contributed by atoms with E-state index in [9.17, 15) is 9.50 Å². The maximum absolute atomic E-state index is 12.9. The van der Waals surface area contributed by atoms with Crippen LogP contribution in [0.15, 0.2) is 42.5 Å². The van der Waals surface area contributed by atoms with Gasteiger partial charge in [-0.3, -0.25) is 0 Å². The molecule has 0 heterocycles. The van der Waals surface area contributed by atoms with Gasteiger partial charge in [-0.1, -0.05) is 12.1 Å². The Hall–Kier alpha value is -2.07. The second kappa shape index (κ2) is 6.39. The molecule has 0 saturated carbocycles. The number of hydrogen-bond acceptors (Lipinski definition) is 3. The van der Waals surface area contributed by atoms with Crippen LogP contribution in [0.1, 0.15) is 17.2 Å². The fraction of sp³-hybridized carbons (Fsp3) is 0.250. The van der Waals surface area contributed by atoms with E-state index in [1.165, 1.54) is 12.1 Å². The number of benzene rings is 2. The lowest BCUT2D eigenvalue weighted by molar-refractivity contribution is 0.173. The smallest absolute Gasteiger partial charge is 0.124 e. The lowest BCUT2D eigenvalue weighted by atomic mass is 10.0. The molecule has 1 unspecified atom stereocenters. The molecular formula is C16H17FO3. The first kappa shape index (κ1) is 14.3. The van der Waals surface area contributed by atoms with Gasteiger partial charge in [0.15, 0.2) is 0 Å².